The first-order valence-electron chi connectivity index (χ1n) is 10.0. The molecule has 28 heavy (non-hydrogen) atoms. The summed E-state index contributed by atoms with van der Waals surface area (Å²) < 4.78 is 0. The fourth-order valence-corrected chi connectivity index (χ4v) is 3.72. The van der Waals surface area contributed by atoms with Crippen molar-refractivity contribution in [1.29, 1.82) is 0 Å². The van der Waals surface area contributed by atoms with Gasteiger partial charge in [0.2, 0.25) is 5.91 Å². The van der Waals surface area contributed by atoms with Gasteiger partial charge in [0.1, 0.15) is 0 Å². The van der Waals surface area contributed by atoms with Crippen LogP contribution in [0.2, 0.25) is 0 Å². The highest BCUT2D eigenvalue weighted by Gasteiger charge is 2.27. The number of aliphatic hydroxyl groups excluding tert-OH is 1. The molecule has 1 atom stereocenters. The van der Waals surface area contributed by atoms with Gasteiger partial charge in [0.05, 0.1) is 12.6 Å². The Balaban J connectivity index is 1.85. The standard InChI is InChI=1S/C23H28N2O3/c1-2-22(27)24-15-19-8-3-4-12-21(19)17-9-7-10-18(14-17)23(28)25-13-6-5-11-20(25)16-26/h3-4,7-10,12,14,20,26H,2,5-6,11,13,15-16H2,1H3,(H,24,27)/t20-/m0/s1. The lowest BCUT2D eigenvalue weighted by atomic mass is 9.96. The lowest BCUT2D eigenvalue weighted by molar-refractivity contribution is -0.120. The molecule has 0 aliphatic carbocycles. The Morgan fingerprint density at radius 3 is 2.75 bits per heavy atom. The van der Waals surface area contributed by atoms with Crippen LogP contribution in [0.25, 0.3) is 11.1 Å². The van der Waals surface area contributed by atoms with Gasteiger partial charge in [0.25, 0.3) is 5.91 Å². The molecule has 5 nitrogen and oxygen atoms in total. The van der Waals surface area contributed by atoms with E-state index in [-0.39, 0.29) is 24.5 Å². The smallest absolute Gasteiger partial charge is 0.254 e. The summed E-state index contributed by atoms with van der Waals surface area (Å²) in [6.45, 7) is 2.98. The molecule has 3 rings (SSSR count). The van der Waals surface area contributed by atoms with Crippen molar-refractivity contribution in [1.82, 2.24) is 10.2 Å². The zero-order chi connectivity index (χ0) is 19.9. The van der Waals surface area contributed by atoms with Crippen molar-refractivity contribution in [3.8, 4) is 11.1 Å². The molecule has 0 spiro atoms. The maximum atomic E-state index is 13.0. The molecule has 2 N–H and O–H groups in total. The Labute approximate surface area is 166 Å². The number of aliphatic hydroxyl groups is 1. The molecule has 2 aromatic carbocycles. The van der Waals surface area contributed by atoms with E-state index in [1.165, 1.54) is 0 Å². The Morgan fingerprint density at radius 1 is 1.14 bits per heavy atom. The van der Waals surface area contributed by atoms with E-state index in [1.807, 2.05) is 55.5 Å². The zero-order valence-electron chi connectivity index (χ0n) is 16.4. The summed E-state index contributed by atoms with van der Waals surface area (Å²) in [5, 5.41) is 12.5. The molecule has 1 heterocycles. The molecule has 0 radical (unpaired) electrons. The fraction of sp³-hybridized carbons (Fsp3) is 0.391. The van der Waals surface area contributed by atoms with Crippen LogP contribution in [0.15, 0.2) is 48.5 Å². The number of piperidine rings is 1. The zero-order valence-corrected chi connectivity index (χ0v) is 16.4. The van der Waals surface area contributed by atoms with E-state index in [0.29, 0.717) is 25.1 Å². The van der Waals surface area contributed by atoms with E-state index in [9.17, 15) is 14.7 Å². The van der Waals surface area contributed by atoms with Gasteiger partial charge in [0.15, 0.2) is 0 Å². The second-order valence-corrected chi connectivity index (χ2v) is 7.20. The highest BCUT2D eigenvalue weighted by molar-refractivity contribution is 5.96. The van der Waals surface area contributed by atoms with Crippen molar-refractivity contribution in [3.05, 3.63) is 59.7 Å². The number of benzene rings is 2. The van der Waals surface area contributed by atoms with Crippen LogP contribution in [0.3, 0.4) is 0 Å². The number of hydrogen-bond acceptors (Lipinski definition) is 3. The minimum Gasteiger partial charge on any atom is -0.394 e. The highest BCUT2D eigenvalue weighted by atomic mass is 16.3. The molecule has 148 valence electrons. The Morgan fingerprint density at radius 2 is 1.96 bits per heavy atom. The molecule has 0 unspecified atom stereocenters. The van der Waals surface area contributed by atoms with E-state index in [4.69, 9.17) is 0 Å². The Hall–Kier alpha value is -2.66. The number of hydrogen-bond donors (Lipinski definition) is 2. The van der Waals surface area contributed by atoms with E-state index >= 15 is 0 Å². The summed E-state index contributed by atoms with van der Waals surface area (Å²) in [5.74, 6) is -0.0174. The maximum absolute atomic E-state index is 13.0. The van der Waals surface area contributed by atoms with Crippen LogP contribution in [-0.4, -0.2) is 41.0 Å². The predicted octanol–water partition coefficient (Wildman–Crippen LogP) is 3.37. The van der Waals surface area contributed by atoms with Gasteiger partial charge in [-0.15, -0.1) is 0 Å². The number of nitrogens with one attached hydrogen (secondary N) is 1. The van der Waals surface area contributed by atoms with Crippen LogP contribution in [0.4, 0.5) is 0 Å². The minimum atomic E-state index is -0.0959. The van der Waals surface area contributed by atoms with Gasteiger partial charge in [0, 0.05) is 25.1 Å². The first kappa shape index (κ1) is 20.1. The first-order valence-corrected chi connectivity index (χ1v) is 10.0. The van der Waals surface area contributed by atoms with Crippen LogP contribution < -0.4 is 5.32 Å². The highest BCUT2D eigenvalue weighted by Crippen LogP contribution is 2.26. The lowest BCUT2D eigenvalue weighted by Crippen LogP contribution is -2.45. The molecule has 1 aliphatic rings. The summed E-state index contributed by atoms with van der Waals surface area (Å²) in [7, 11) is 0. The summed E-state index contributed by atoms with van der Waals surface area (Å²) in [4.78, 5) is 26.5. The Bertz CT molecular complexity index is 834. The van der Waals surface area contributed by atoms with Crippen LogP contribution in [-0.2, 0) is 11.3 Å². The molecule has 0 aromatic heterocycles. The van der Waals surface area contributed by atoms with Crippen molar-refractivity contribution < 1.29 is 14.7 Å². The van der Waals surface area contributed by atoms with Gasteiger partial charge in [-0.05, 0) is 48.1 Å². The van der Waals surface area contributed by atoms with Crippen molar-refractivity contribution in [3.63, 3.8) is 0 Å². The molecular weight excluding hydrogens is 352 g/mol. The topological polar surface area (TPSA) is 69.6 Å². The van der Waals surface area contributed by atoms with Crippen molar-refractivity contribution >= 4 is 11.8 Å². The lowest BCUT2D eigenvalue weighted by Gasteiger charge is -2.34. The number of nitrogens with zero attached hydrogens (tertiary/aromatic N) is 1. The quantitative estimate of drug-likeness (QED) is 0.807. The number of carbonyl (C=O) groups excluding carboxylic acids is 2. The number of rotatable bonds is 6. The van der Waals surface area contributed by atoms with Crippen molar-refractivity contribution in [2.75, 3.05) is 13.2 Å². The largest absolute Gasteiger partial charge is 0.394 e. The van der Waals surface area contributed by atoms with Gasteiger partial charge >= 0.3 is 0 Å². The van der Waals surface area contributed by atoms with E-state index in [0.717, 1.165) is 36.0 Å². The molecule has 1 saturated heterocycles. The first-order chi connectivity index (χ1) is 13.6. The molecular formula is C23H28N2O3. The average Bonchev–Trinajstić information content (AvgIpc) is 2.77. The van der Waals surface area contributed by atoms with E-state index in [1.54, 1.807) is 4.90 Å². The summed E-state index contributed by atoms with van der Waals surface area (Å²) in [6.07, 6.45) is 3.32. The second kappa shape index (κ2) is 9.51. The molecule has 5 heteroatoms. The van der Waals surface area contributed by atoms with Crippen LogP contribution >= 0.6 is 0 Å². The van der Waals surface area contributed by atoms with Gasteiger partial charge in [-0.3, -0.25) is 9.59 Å². The minimum absolute atomic E-state index is 0.00535. The normalized spacial score (nSPS) is 16.6. The number of carbonyl (C=O) groups is 2. The predicted molar refractivity (Wildman–Crippen MR) is 110 cm³/mol. The van der Waals surface area contributed by atoms with Crippen LogP contribution in [0.5, 0.6) is 0 Å². The van der Waals surface area contributed by atoms with E-state index in [2.05, 4.69) is 5.32 Å². The monoisotopic (exact) mass is 380 g/mol. The van der Waals surface area contributed by atoms with Gasteiger partial charge in [-0.2, -0.15) is 0 Å². The van der Waals surface area contributed by atoms with Gasteiger partial charge in [-0.1, -0.05) is 43.3 Å². The fourth-order valence-electron chi connectivity index (χ4n) is 3.72. The summed E-state index contributed by atoms with van der Waals surface area (Å²) in [6, 6.07) is 15.4. The maximum Gasteiger partial charge on any atom is 0.254 e. The molecule has 2 amide bonds. The third-order valence-corrected chi connectivity index (χ3v) is 5.33. The van der Waals surface area contributed by atoms with E-state index < -0.39 is 0 Å². The number of likely N-dealkylation sites (tertiary alicyclic amines) is 1. The molecule has 1 fully saturated rings. The van der Waals surface area contributed by atoms with Crippen molar-refractivity contribution in [2.45, 2.75) is 45.2 Å². The third-order valence-electron chi connectivity index (χ3n) is 5.33. The van der Waals surface area contributed by atoms with Gasteiger partial charge in [-0.25, -0.2) is 0 Å². The third kappa shape index (κ3) is 4.60. The van der Waals surface area contributed by atoms with Crippen LogP contribution in [0.1, 0.15) is 48.5 Å². The van der Waals surface area contributed by atoms with Crippen molar-refractivity contribution in [2.24, 2.45) is 0 Å². The van der Waals surface area contributed by atoms with Crippen LogP contribution in [0, 0.1) is 0 Å². The van der Waals surface area contributed by atoms with Gasteiger partial charge < -0.3 is 15.3 Å². The molecule has 1 aliphatic heterocycles. The summed E-state index contributed by atoms with van der Waals surface area (Å²) >= 11 is 0. The second-order valence-electron chi connectivity index (χ2n) is 7.20. The Kier molecular flexibility index (Phi) is 6.82. The average molecular weight is 380 g/mol. The molecule has 0 saturated carbocycles. The molecule has 2 aromatic rings. The SMILES string of the molecule is CCC(=O)NCc1ccccc1-c1cccc(C(=O)N2CCCC[C@H]2CO)c1. The summed E-state index contributed by atoms with van der Waals surface area (Å²) in [5.41, 5.74) is 3.60. The molecule has 0 bridgehead atoms. The number of amides is 2.